The molecule has 12 heteroatoms. The maximum absolute atomic E-state index is 13.2. The monoisotopic (exact) mass is 477 g/mol. The Labute approximate surface area is 189 Å². The van der Waals surface area contributed by atoms with Crippen molar-refractivity contribution in [3.63, 3.8) is 0 Å². The summed E-state index contributed by atoms with van der Waals surface area (Å²) in [5, 5.41) is 5.15. The molecule has 5 rings (SSSR count). The van der Waals surface area contributed by atoms with Gasteiger partial charge in [0, 0.05) is 50.4 Å². The lowest BCUT2D eigenvalue weighted by atomic mass is 10.3. The van der Waals surface area contributed by atoms with Gasteiger partial charge >= 0.3 is 0 Å². The van der Waals surface area contributed by atoms with Crippen LogP contribution in [0.3, 0.4) is 0 Å². The van der Waals surface area contributed by atoms with Crippen LogP contribution >= 0.6 is 11.3 Å². The van der Waals surface area contributed by atoms with E-state index in [-0.39, 0.29) is 10.5 Å². The van der Waals surface area contributed by atoms with Gasteiger partial charge < -0.3 is 9.47 Å². The van der Waals surface area contributed by atoms with E-state index in [9.17, 15) is 13.2 Å². The van der Waals surface area contributed by atoms with Crippen molar-refractivity contribution in [2.75, 3.05) is 39.4 Å². The number of hydrogen-bond donors (Lipinski definition) is 0. The van der Waals surface area contributed by atoms with Crippen LogP contribution in [0.2, 0.25) is 0 Å². The van der Waals surface area contributed by atoms with E-state index in [0.29, 0.717) is 68.1 Å². The van der Waals surface area contributed by atoms with Crippen molar-refractivity contribution in [1.82, 2.24) is 23.8 Å². The number of nitrogens with zero attached hydrogens (tertiary/aromatic N) is 5. The van der Waals surface area contributed by atoms with Gasteiger partial charge in [-0.3, -0.25) is 9.69 Å². The highest BCUT2D eigenvalue weighted by atomic mass is 32.2. The number of aromatic nitrogens is 3. The number of rotatable bonds is 4. The number of benzene rings is 1. The first-order valence-corrected chi connectivity index (χ1v) is 12.6. The van der Waals surface area contributed by atoms with Gasteiger partial charge in [-0.1, -0.05) is 11.3 Å². The van der Waals surface area contributed by atoms with Crippen molar-refractivity contribution in [3.05, 3.63) is 45.3 Å². The van der Waals surface area contributed by atoms with Crippen LogP contribution in [0.1, 0.15) is 17.1 Å². The molecule has 0 unspecified atom stereocenters. The Morgan fingerprint density at radius 2 is 1.81 bits per heavy atom. The molecule has 1 saturated heterocycles. The molecule has 1 fully saturated rings. The van der Waals surface area contributed by atoms with E-state index in [2.05, 4.69) is 15.0 Å². The van der Waals surface area contributed by atoms with Crippen LogP contribution in [0.15, 0.2) is 34.0 Å². The van der Waals surface area contributed by atoms with Crippen molar-refractivity contribution in [1.29, 1.82) is 0 Å². The summed E-state index contributed by atoms with van der Waals surface area (Å²) < 4.78 is 40.4. The van der Waals surface area contributed by atoms with Gasteiger partial charge in [0.1, 0.15) is 5.01 Å². The smallest absolute Gasteiger partial charge is 0.275 e. The molecular weight excluding hydrogens is 454 g/mol. The van der Waals surface area contributed by atoms with Crippen LogP contribution in [-0.4, -0.2) is 71.6 Å². The third-order valence-corrected chi connectivity index (χ3v) is 8.25. The normalized spacial score (nSPS) is 18.0. The summed E-state index contributed by atoms with van der Waals surface area (Å²) in [7, 11) is -3.63. The Kier molecular flexibility index (Phi) is 5.61. The van der Waals surface area contributed by atoms with E-state index >= 15 is 0 Å². The number of hydrogen-bond acceptors (Lipinski definition) is 9. The molecule has 3 aromatic rings. The van der Waals surface area contributed by atoms with E-state index in [1.807, 2.05) is 0 Å². The predicted molar refractivity (Wildman–Crippen MR) is 118 cm³/mol. The molecule has 170 valence electrons. The quantitative estimate of drug-likeness (QED) is 0.551. The zero-order valence-corrected chi connectivity index (χ0v) is 19.2. The molecule has 2 aliphatic heterocycles. The van der Waals surface area contributed by atoms with Crippen LogP contribution < -0.4 is 15.0 Å². The fourth-order valence-corrected chi connectivity index (χ4v) is 6.22. The molecule has 0 bridgehead atoms. The van der Waals surface area contributed by atoms with Gasteiger partial charge in [0.05, 0.1) is 24.7 Å². The molecule has 1 aromatic carbocycles. The second-order valence-electron chi connectivity index (χ2n) is 7.77. The van der Waals surface area contributed by atoms with Crippen LogP contribution in [0.5, 0.6) is 11.5 Å². The Morgan fingerprint density at radius 3 is 2.59 bits per heavy atom. The topological polar surface area (TPSA) is 106 Å². The van der Waals surface area contributed by atoms with Crippen LogP contribution in [-0.2, 0) is 16.6 Å². The summed E-state index contributed by atoms with van der Waals surface area (Å²) in [4.78, 5) is 19.3. The average molecular weight is 478 g/mol. The highest BCUT2D eigenvalue weighted by molar-refractivity contribution is 7.89. The Morgan fingerprint density at radius 1 is 1.06 bits per heavy atom. The first kappa shape index (κ1) is 21.3. The highest BCUT2D eigenvalue weighted by Gasteiger charge is 2.30. The van der Waals surface area contributed by atoms with Crippen molar-refractivity contribution in [2.45, 2.75) is 24.8 Å². The highest BCUT2D eigenvalue weighted by Crippen LogP contribution is 2.33. The predicted octanol–water partition coefficient (Wildman–Crippen LogP) is 1.13. The molecule has 0 radical (unpaired) electrons. The zero-order valence-electron chi connectivity index (χ0n) is 17.6. The Bertz CT molecular complexity index is 1310. The maximum atomic E-state index is 13.2. The van der Waals surface area contributed by atoms with Crippen molar-refractivity contribution >= 4 is 26.3 Å². The third-order valence-electron chi connectivity index (χ3n) is 5.46. The second kappa shape index (κ2) is 8.43. The number of sulfonamides is 1. The summed E-state index contributed by atoms with van der Waals surface area (Å²) in [6, 6.07) is 6.24. The molecule has 0 N–H and O–H groups in total. The van der Waals surface area contributed by atoms with E-state index in [1.165, 1.54) is 26.2 Å². The van der Waals surface area contributed by atoms with Gasteiger partial charge in [0.2, 0.25) is 15.0 Å². The molecular formula is C20H23N5O5S2. The van der Waals surface area contributed by atoms with Gasteiger partial charge in [-0.2, -0.15) is 13.9 Å². The van der Waals surface area contributed by atoms with Crippen LogP contribution in [0.4, 0.5) is 0 Å². The summed E-state index contributed by atoms with van der Waals surface area (Å²) in [5.74, 6) is 1.04. The lowest BCUT2D eigenvalue weighted by Crippen LogP contribution is -2.48. The van der Waals surface area contributed by atoms with Gasteiger partial charge in [-0.25, -0.2) is 13.4 Å². The molecule has 0 atom stereocenters. The van der Waals surface area contributed by atoms with Gasteiger partial charge in [-0.15, -0.1) is 0 Å². The second-order valence-corrected chi connectivity index (χ2v) is 10.7. The summed E-state index contributed by atoms with van der Waals surface area (Å²) >= 11 is 1.38. The number of fused-ring (bicyclic) bond motifs is 2. The molecule has 2 aromatic heterocycles. The molecule has 10 nitrogen and oxygen atoms in total. The molecule has 0 amide bonds. The minimum Gasteiger partial charge on any atom is -0.490 e. The molecule has 0 spiro atoms. The molecule has 32 heavy (non-hydrogen) atoms. The Balaban J connectivity index is 1.27. The first-order valence-electron chi connectivity index (χ1n) is 10.4. The van der Waals surface area contributed by atoms with E-state index in [4.69, 9.17) is 9.47 Å². The minimum atomic E-state index is -3.63. The zero-order chi connectivity index (χ0) is 22.3. The Hall–Kier alpha value is -2.54. The van der Waals surface area contributed by atoms with E-state index in [0.717, 1.165) is 11.4 Å². The van der Waals surface area contributed by atoms with Crippen LogP contribution in [0.25, 0.3) is 4.96 Å². The first-order chi connectivity index (χ1) is 15.4. The summed E-state index contributed by atoms with van der Waals surface area (Å²) in [6.45, 7) is 5.27. The summed E-state index contributed by atoms with van der Waals surface area (Å²) in [6.07, 6.45) is 0.762. The van der Waals surface area contributed by atoms with Crippen molar-refractivity contribution < 1.29 is 17.9 Å². The summed E-state index contributed by atoms with van der Waals surface area (Å²) in [5.41, 5.74) is 0.472. The fourth-order valence-electron chi connectivity index (χ4n) is 3.80. The number of ether oxygens (including phenoxy) is 2. The van der Waals surface area contributed by atoms with Gasteiger partial charge in [0.15, 0.2) is 11.5 Å². The maximum Gasteiger partial charge on any atom is 0.275 e. The van der Waals surface area contributed by atoms with E-state index in [1.54, 1.807) is 25.1 Å². The van der Waals surface area contributed by atoms with E-state index < -0.39 is 10.0 Å². The van der Waals surface area contributed by atoms with Gasteiger partial charge in [-0.05, 0) is 19.1 Å². The molecule has 2 aliphatic rings. The minimum absolute atomic E-state index is 0.193. The fraction of sp³-hybridized carbons (Fsp3) is 0.450. The largest absolute Gasteiger partial charge is 0.490 e. The third kappa shape index (κ3) is 4.10. The number of aryl methyl sites for hydroxylation is 1. The molecule has 4 heterocycles. The average Bonchev–Trinajstić information content (AvgIpc) is 3.01. The molecule has 0 aliphatic carbocycles. The lowest BCUT2D eigenvalue weighted by molar-refractivity contribution is 0.181. The lowest BCUT2D eigenvalue weighted by Gasteiger charge is -2.33. The SMILES string of the molecule is Cc1cc(=O)n2nc(CN3CCN(S(=O)(=O)c4ccc5c(c4)OCCCO5)CC3)sc2n1. The van der Waals surface area contributed by atoms with Crippen LogP contribution in [0, 0.1) is 6.92 Å². The molecule has 0 saturated carbocycles. The van der Waals surface area contributed by atoms with Crippen molar-refractivity contribution in [3.8, 4) is 11.5 Å². The standard InChI is InChI=1S/C20H23N5O5S2/c1-14-11-19(26)25-20(21-14)31-18(22-25)13-23-5-7-24(8-6-23)32(27,28)15-3-4-16-17(12-15)30-10-2-9-29-16/h3-4,11-12H,2,5-10,13H2,1H3. The van der Waals surface area contributed by atoms with Gasteiger partial charge in [0.25, 0.3) is 5.56 Å². The van der Waals surface area contributed by atoms with Crippen molar-refractivity contribution in [2.24, 2.45) is 0 Å². The number of piperazine rings is 1.